The zero-order valence-corrected chi connectivity index (χ0v) is 20.6. The molecule has 0 aliphatic carbocycles. The van der Waals surface area contributed by atoms with Crippen molar-refractivity contribution in [3.8, 4) is 0 Å². The monoisotopic (exact) mass is 490 g/mol. The molecule has 6 atom stereocenters. The maximum Gasteiger partial charge on any atom is 0.166 e. The second kappa shape index (κ2) is 12.6. The lowest BCUT2D eigenvalue weighted by atomic mass is 9.89. The highest BCUT2D eigenvalue weighted by atomic mass is 16.8. The molecule has 0 aromatic heterocycles. The van der Waals surface area contributed by atoms with E-state index >= 15 is 0 Å². The standard InChI is InChI=1S/C30H34O6/c1-31-27-17-25-28(33-19-23-13-7-3-8-14-23)29(34-20-24-15-9-4-10-16-24)26(35-30(25)36-27)21-32-18-22-11-5-2-6-12-22/h2-16,25-30H,17-21H2,1H3/t25-,26-,27-,28-,29-,30-/m1/s1. The van der Waals surface area contributed by atoms with Gasteiger partial charge in [0.25, 0.3) is 0 Å². The summed E-state index contributed by atoms with van der Waals surface area (Å²) in [5.74, 6) is -0.00944. The molecule has 6 heteroatoms. The third-order valence-corrected chi connectivity index (χ3v) is 6.75. The fraction of sp³-hybridized carbons (Fsp3) is 0.400. The van der Waals surface area contributed by atoms with Crippen molar-refractivity contribution < 1.29 is 28.4 Å². The van der Waals surface area contributed by atoms with E-state index in [1.54, 1.807) is 7.11 Å². The second-order valence-corrected chi connectivity index (χ2v) is 9.27. The molecule has 190 valence electrons. The van der Waals surface area contributed by atoms with Crippen molar-refractivity contribution in [2.24, 2.45) is 5.92 Å². The summed E-state index contributed by atoms with van der Waals surface area (Å²) in [5.41, 5.74) is 3.32. The van der Waals surface area contributed by atoms with E-state index in [-0.39, 0.29) is 30.5 Å². The zero-order chi connectivity index (χ0) is 24.6. The number of ether oxygens (including phenoxy) is 6. The largest absolute Gasteiger partial charge is 0.374 e. The van der Waals surface area contributed by atoms with Crippen molar-refractivity contribution in [2.75, 3.05) is 13.7 Å². The molecule has 0 saturated carbocycles. The van der Waals surface area contributed by atoms with Crippen molar-refractivity contribution >= 4 is 0 Å². The van der Waals surface area contributed by atoms with E-state index in [4.69, 9.17) is 28.4 Å². The van der Waals surface area contributed by atoms with Crippen molar-refractivity contribution in [3.63, 3.8) is 0 Å². The van der Waals surface area contributed by atoms with Gasteiger partial charge in [0, 0.05) is 19.4 Å². The number of benzene rings is 3. The van der Waals surface area contributed by atoms with Gasteiger partial charge in [-0.25, -0.2) is 0 Å². The first kappa shape index (κ1) is 25.1. The average Bonchev–Trinajstić information content (AvgIpc) is 3.35. The molecule has 3 aromatic carbocycles. The Balaban J connectivity index is 1.34. The summed E-state index contributed by atoms with van der Waals surface area (Å²) in [4.78, 5) is 0. The van der Waals surface area contributed by atoms with E-state index in [1.807, 2.05) is 54.6 Å². The average molecular weight is 491 g/mol. The van der Waals surface area contributed by atoms with Gasteiger partial charge in [-0.1, -0.05) is 91.0 Å². The molecular formula is C30H34O6. The lowest BCUT2D eigenvalue weighted by Crippen LogP contribution is -2.56. The van der Waals surface area contributed by atoms with Crippen LogP contribution < -0.4 is 0 Å². The Morgan fingerprint density at radius 1 is 0.667 bits per heavy atom. The van der Waals surface area contributed by atoms with Gasteiger partial charge in [-0.05, 0) is 16.7 Å². The number of rotatable bonds is 11. The molecule has 2 saturated heterocycles. The Morgan fingerprint density at radius 2 is 1.19 bits per heavy atom. The Hall–Kier alpha value is -2.58. The van der Waals surface area contributed by atoms with Gasteiger partial charge in [-0.2, -0.15) is 0 Å². The van der Waals surface area contributed by atoms with Crippen LogP contribution in [0.2, 0.25) is 0 Å². The van der Waals surface area contributed by atoms with E-state index in [1.165, 1.54) is 0 Å². The second-order valence-electron chi connectivity index (χ2n) is 9.27. The molecule has 0 N–H and O–H groups in total. The normalized spacial score (nSPS) is 27.6. The topological polar surface area (TPSA) is 55.4 Å². The van der Waals surface area contributed by atoms with Gasteiger partial charge in [0.2, 0.25) is 0 Å². The number of methoxy groups -OCH3 is 1. The first-order valence-electron chi connectivity index (χ1n) is 12.6. The molecule has 2 aliphatic rings. The highest BCUT2D eigenvalue weighted by Crippen LogP contribution is 2.40. The van der Waals surface area contributed by atoms with E-state index in [0.717, 1.165) is 16.7 Å². The highest BCUT2D eigenvalue weighted by molar-refractivity contribution is 5.15. The van der Waals surface area contributed by atoms with Gasteiger partial charge in [-0.3, -0.25) is 0 Å². The summed E-state index contributed by atoms with van der Waals surface area (Å²) in [6, 6.07) is 30.5. The number of hydrogen-bond donors (Lipinski definition) is 0. The third-order valence-electron chi connectivity index (χ3n) is 6.75. The summed E-state index contributed by atoms with van der Waals surface area (Å²) in [6.45, 7) is 1.80. The lowest BCUT2D eigenvalue weighted by molar-refractivity contribution is -0.296. The van der Waals surface area contributed by atoms with Gasteiger partial charge in [0.15, 0.2) is 12.6 Å². The van der Waals surface area contributed by atoms with Crippen LogP contribution in [0.3, 0.4) is 0 Å². The maximum absolute atomic E-state index is 6.58. The van der Waals surface area contributed by atoms with Crippen LogP contribution in [0.5, 0.6) is 0 Å². The van der Waals surface area contributed by atoms with E-state index < -0.39 is 6.29 Å². The Bertz CT molecular complexity index is 1030. The molecular weight excluding hydrogens is 456 g/mol. The fourth-order valence-electron chi connectivity index (χ4n) is 4.87. The van der Waals surface area contributed by atoms with E-state index in [2.05, 4.69) is 36.4 Å². The molecule has 3 aromatic rings. The van der Waals surface area contributed by atoms with Crippen LogP contribution in [-0.2, 0) is 48.2 Å². The molecule has 0 radical (unpaired) electrons. The van der Waals surface area contributed by atoms with E-state index in [9.17, 15) is 0 Å². The molecule has 0 unspecified atom stereocenters. The Labute approximate surface area is 213 Å². The van der Waals surface area contributed by atoms with Crippen LogP contribution in [0, 0.1) is 5.92 Å². The van der Waals surface area contributed by atoms with Crippen molar-refractivity contribution in [1.29, 1.82) is 0 Å². The third kappa shape index (κ3) is 6.40. The predicted molar refractivity (Wildman–Crippen MR) is 135 cm³/mol. The van der Waals surface area contributed by atoms with Gasteiger partial charge in [-0.15, -0.1) is 0 Å². The van der Waals surface area contributed by atoms with Gasteiger partial charge < -0.3 is 28.4 Å². The fourth-order valence-corrected chi connectivity index (χ4v) is 4.87. The van der Waals surface area contributed by atoms with Crippen LogP contribution in [0.1, 0.15) is 23.1 Å². The number of hydrogen-bond acceptors (Lipinski definition) is 6. The van der Waals surface area contributed by atoms with Crippen LogP contribution in [0.15, 0.2) is 91.0 Å². The van der Waals surface area contributed by atoms with Gasteiger partial charge in [0.05, 0.1) is 32.5 Å². The quantitative estimate of drug-likeness (QED) is 0.372. The Morgan fingerprint density at radius 3 is 1.75 bits per heavy atom. The van der Waals surface area contributed by atoms with Crippen molar-refractivity contribution in [1.82, 2.24) is 0 Å². The first-order chi connectivity index (χ1) is 17.8. The molecule has 5 rings (SSSR count). The molecule has 2 fully saturated rings. The summed E-state index contributed by atoms with van der Waals surface area (Å²) in [6.07, 6.45) is -0.999. The predicted octanol–water partition coefficient (Wildman–Crippen LogP) is 5.11. The number of fused-ring (bicyclic) bond motifs is 1. The molecule has 6 nitrogen and oxygen atoms in total. The molecule has 36 heavy (non-hydrogen) atoms. The SMILES string of the molecule is CO[C@H]1C[C@H]2[C@@H](O1)O[C@H](COCc1ccccc1)[C@@H](OCc1ccccc1)[C@@H]2OCc1ccccc1. The molecule has 0 bridgehead atoms. The zero-order valence-electron chi connectivity index (χ0n) is 20.6. The van der Waals surface area contributed by atoms with Crippen LogP contribution in [0.25, 0.3) is 0 Å². The minimum absolute atomic E-state index is 0.00944. The smallest absolute Gasteiger partial charge is 0.166 e. The summed E-state index contributed by atoms with van der Waals surface area (Å²) < 4.78 is 37.2. The molecule has 2 heterocycles. The lowest BCUT2D eigenvalue weighted by Gasteiger charge is -2.43. The van der Waals surface area contributed by atoms with Crippen LogP contribution >= 0.6 is 0 Å². The molecule has 0 spiro atoms. The van der Waals surface area contributed by atoms with E-state index in [0.29, 0.717) is 32.8 Å². The Kier molecular flexibility index (Phi) is 8.77. The summed E-state index contributed by atoms with van der Waals surface area (Å²) in [5, 5.41) is 0. The van der Waals surface area contributed by atoms with Gasteiger partial charge >= 0.3 is 0 Å². The highest BCUT2D eigenvalue weighted by Gasteiger charge is 2.52. The summed E-state index contributed by atoms with van der Waals surface area (Å²) >= 11 is 0. The van der Waals surface area contributed by atoms with Gasteiger partial charge in [0.1, 0.15) is 12.2 Å². The van der Waals surface area contributed by atoms with Crippen molar-refractivity contribution in [3.05, 3.63) is 108 Å². The van der Waals surface area contributed by atoms with Crippen molar-refractivity contribution in [2.45, 2.75) is 57.1 Å². The van der Waals surface area contributed by atoms with Crippen LogP contribution in [-0.4, -0.2) is 44.6 Å². The minimum atomic E-state index is -0.433. The molecule has 0 amide bonds. The first-order valence-corrected chi connectivity index (χ1v) is 12.6. The maximum atomic E-state index is 6.58. The van der Waals surface area contributed by atoms with Crippen LogP contribution in [0.4, 0.5) is 0 Å². The molecule has 2 aliphatic heterocycles. The minimum Gasteiger partial charge on any atom is -0.374 e. The summed E-state index contributed by atoms with van der Waals surface area (Å²) in [7, 11) is 1.66.